The van der Waals surface area contributed by atoms with Gasteiger partial charge in [0.2, 0.25) is 0 Å². The largest absolute Gasteiger partial charge is 0.325 e. The number of aryl methyl sites for hydroxylation is 1. The molecule has 10 heavy (non-hydrogen) atoms. The van der Waals surface area contributed by atoms with Crippen LogP contribution in [0.5, 0.6) is 0 Å². The van der Waals surface area contributed by atoms with E-state index in [0.29, 0.717) is 0 Å². The van der Waals surface area contributed by atoms with Crippen LogP contribution in [0.2, 0.25) is 0 Å². The van der Waals surface area contributed by atoms with Crippen LogP contribution in [0.15, 0.2) is 0 Å². The molecule has 0 spiro atoms. The molecule has 0 amide bonds. The fourth-order valence-electron chi connectivity index (χ4n) is 1.36. The minimum Gasteiger partial charge on any atom is -0.325 e. The lowest BCUT2D eigenvalue weighted by atomic mass is 9.82. The van der Waals surface area contributed by atoms with Gasteiger partial charge in [0.15, 0.2) is 0 Å². The smallest absolute Gasteiger partial charge is 0.129 e. The average molecular weight is 154 g/mol. The molecule has 2 nitrogen and oxygen atoms in total. The molecular formula is C7H11N2P. The summed E-state index contributed by atoms with van der Waals surface area (Å²) in [5.74, 6) is 0.794. The molecule has 3 heteroatoms. The number of hydrogen-bond donors (Lipinski definition) is 1. The first-order chi connectivity index (χ1) is 4.88. The quantitative estimate of drug-likeness (QED) is 0.661. The number of rotatable bonds is 1. The van der Waals surface area contributed by atoms with Crippen LogP contribution in [-0.4, -0.2) is 9.49 Å². The summed E-state index contributed by atoms with van der Waals surface area (Å²) in [5.41, 5.74) is 2.64. The number of nitrogens with one attached hydrogen (secondary N) is 1. The number of hydrogen-bond acceptors (Lipinski definition) is 1. The van der Waals surface area contributed by atoms with E-state index in [1.807, 2.05) is 0 Å². The molecule has 0 saturated heterocycles. The Morgan fingerprint density at radius 3 is 2.80 bits per heavy atom. The van der Waals surface area contributed by atoms with Crippen molar-refractivity contribution in [2.24, 2.45) is 0 Å². The summed E-state index contributed by atoms with van der Waals surface area (Å²) >= 11 is 0. The molecule has 1 N–H and O–H groups in total. The molecule has 0 unspecified atom stereocenters. The van der Waals surface area contributed by atoms with Crippen LogP contribution in [0.3, 0.4) is 0 Å². The van der Waals surface area contributed by atoms with Crippen LogP contribution in [0, 0.1) is 6.92 Å². The van der Waals surface area contributed by atoms with E-state index >= 15 is 0 Å². The lowest BCUT2D eigenvalue weighted by molar-refractivity contribution is 0.411. The molecule has 0 atom stereocenters. The molecule has 0 aromatic carbocycles. The molecule has 1 fully saturated rings. The SMILES string of the molecule is Cc1[nH]pnc1C1CCC1. The van der Waals surface area contributed by atoms with Crippen LogP contribution in [0.1, 0.15) is 36.6 Å². The number of aromatic amines is 1. The van der Waals surface area contributed by atoms with E-state index in [0.717, 1.165) is 14.4 Å². The van der Waals surface area contributed by atoms with Gasteiger partial charge in [-0.3, -0.25) is 0 Å². The summed E-state index contributed by atoms with van der Waals surface area (Å²) in [6.07, 6.45) is 4.11. The zero-order chi connectivity index (χ0) is 6.97. The minimum atomic E-state index is 0.794. The predicted octanol–water partition coefficient (Wildman–Crippen LogP) is 2.57. The maximum Gasteiger partial charge on any atom is 0.129 e. The second kappa shape index (κ2) is 2.35. The van der Waals surface area contributed by atoms with E-state index in [1.165, 1.54) is 30.7 Å². The number of nitrogens with zero attached hydrogens (tertiary/aromatic N) is 1. The van der Waals surface area contributed by atoms with Gasteiger partial charge < -0.3 is 4.75 Å². The van der Waals surface area contributed by atoms with Crippen molar-refractivity contribution in [1.29, 1.82) is 0 Å². The Labute approximate surface area is 62.3 Å². The van der Waals surface area contributed by atoms with E-state index in [-0.39, 0.29) is 0 Å². The van der Waals surface area contributed by atoms with Crippen molar-refractivity contribution in [2.45, 2.75) is 32.1 Å². The van der Waals surface area contributed by atoms with Crippen molar-refractivity contribution < 1.29 is 0 Å². The second-order valence-electron chi connectivity index (χ2n) is 2.95. The third kappa shape index (κ3) is 0.873. The monoisotopic (exact) mass is 154 g/mol. The molecule has 1 saturated carbocycles. The first kappa shape index (κ1) is 6.36. The third-order valence-electron chi connectivity index (χ3n) is 2.25. The molecule has 0 aliphatic heterocycles. The Bertz CT molecular complexity index is 227. The van der Waals surface area contributed by atoms with Gasteiger partial charge in [0.25, 0.3) is 0 Å². The highest BCUT2D eigenvalue weighted by Gasteiger charge is 2.22. The molecule has 1 aliphatic carbocycles. The predicted molar refractivity (Wildman–Crippen MR) is 42.4 cm³/mol. The molecule has 1 aliphatic rings. The first-order valence-electron chi connectivity index (χ1n) is 3.75. The summed E-state index contributed by atoms with van der Waals surface area (Å²) in [5, 5.41) is 0. The lowest BCUT2D eigenvalue weighted by Gasteiger charge is -2.23. The van der Waals surface area contributed by atoms with Crippen LogP contribution in [-0.2, 0) is 0 Å². The Morgan fingerprint density at radius 2 is 2.40 bits per heavy atom. The fourth-order valence-corrected chi connectivity index (χ4v) is 2.09. The van der Waals surface area contributed by atoms with Crippen LogP contribution in [0.4, 0.5) is 0 Å². The summed E-state index contributed by atoms with van der Waals surface area (Å²) in [7, 11) is 1.03. The Hall–Kier alpha value is -0.360. The lowest BCUT2D eigenvalue weighted by Crippen LogP contribution is -2.09. The van der Waals surface area contributed by atoms with Crippen molar-refractivity contribution in [3.63, 3.8) is 0 Å². The van der Waals surface area contributed by atoms with Gasteiger partial charge in [-0.2, -0.15) is 0 Å². The first-order valence-corrected chi connectivity index (χ1v) is 4.60. The zero-order valence-corrected chi connectivity index (χ0v) is 6.99. The van der Waals surface area contributed by atoms with Crippen LogP contribution >= 0.6 is 8.51 Å². The molecule has 1 heterocycles. The Morgan fingerprint density at radius 1 is 1.60 bits per heavy atom. The molecular weight excluding hydrogens is 143 g/mol. The minimum absolute atomic E-state index is 0.794. The Balaban J connectivity index is 2.23. The summed E-state index contributed by atoms with van der Waals surface area (Å²) in [6, 6.07) is 0. The highest BCUT2D eigenvalue weighted by Crippen LogP contribution is 2.36. The normalized spacial score (nSPS) is 19.7. The molecule has 0 bridgehead atoms. The van der Waals surface area contributed by atoms with E-state index in [9.17, 15) is 0 Å². The molecule has 0 radical (unpaired) electrons. The highest BCUT2D eigenvalue weighted by molar-refractivity contribution is 7.20. The van der Waals surface area contributed by atoms with Crippen LogP contribution < -0.4 is 0 Å². The van der Waals surface area contributed by atoms with Crippen molar-refractivity contribution in [3.8, 4) is 0 Å². The zero-order valence-electron chi connectivity index (χ0n) is 6.09. The van der Waals surface area contributed by atoms with Crippen molar-refractivity contribution in [3.05, 3.63) is 11.4 Å². The topological polar surface area (TPSA) is 28.7 Å². The number of aromatic nitrogens is 2. The van der Waals surface area contributed by atoms with Gasteiger partial charge in [-0.25, -0.2) is 4.75 Å². The third-order valence-corrected chi connectivity index (χ3v) is 3.00. The second-order valence-corrected chi connectivity index (χ2v) is 3.57. The van der Waals surface area contributed by atoms with Gasteiger partial charge in [-0.05, 0) is 19.8 Å². The maximum absolute atomic E-state index is 4.38. The standard InChI is InChI=1S/C7H11N2P/c1-5-7(9-10-8-5)6-3-2-4-6/h6H,2-4H2,1H3,(H,8,9). The Kier molecular flexibility index (Phi) is 1.50. The number of H-pyrrole nitrogens is 1. The van der Waals surface area contributed by atoms with Gasteiger partial charge in [-0.15, -0.1) is 0 Å². The summed E-state index contributed by atoms with van der Waals surface area (Å²) in [6.45, 7) is 2.12. The molecule has 2 rings (SSSR count). The molecule has 1 aromatic rings. The maximum atomic E-state index is 4.38. The van der Waals surface area contributed by atoms with Crippen molar-refractivity contribution in [2.75, 3.05) is 0 Å². The average Bonchev–Trinajstić information content (AvgIpc) is 2.12. The molecule has 54 valence electrons. The van der Waals surface area contributed by atoms with E-state index in [4.69, 9.17) is 0 Å². The van der Waals surface area contributed by atoms with E-state index in [2.05, 4.69) is 16.4 Å². The van der Waals surface area contributed by atoms with E-state index in [1.54, 1.807) is 0 Å². The van der Waals surface area contributed by atoms with Gasteiger partial charge >= 0.3 is 0 Å². The highest BCUT2D eigenvalue weighted by atomic mass is 31.1. The summed E-state index contributed by atoms with van der Waals surface area (Å²) in [4.78, 5) is 0. The van der Waals surface area contributed by atoms with Gasteiger partial charge in [-0.1, -0.05) is 6.42 Å². The van der Waals surface area contributed by atoms with Crippen LogP contribution in [0.25, 0.3) is 0 Å². The fraction of sp³-hybridized carbons (Fsp3) is 0.714. The van der Waals surface area contributed by atoms with Crippen molar-refractivity contribution in [1.82, 2.24) is 9.49 Å². The molecule has 1 aromatic heterocycles. The van der Waals surface area contributed by atoms with Gasteiger partial charge in [0.1, 0.15) is 8.51 Å². The van der Waals surface area contributed by atoms with E-state index < -0.39 is 0 Å². The summed E-state index contributed by atoms with van der Waals surface area (Å²) < 4.78 is 7.58. The van der Waals surface area contributed by atoms with Crippen molar-refractivity contribution >= 4 is 8.51 Å². The van der Waals surface area contributed by atoms with Gasteiger partial charge in [0, 0.05) is 11.6 Å². The van der Waals surface area contributed by atoms with Gasteiger partial charge in [0.05, 0.1) is 5.69 Å².